The number of hydrogen-bond acceptors (Lipinski definition) is 3. The van der Waals surface area contributed by atoms with Gasteiger partial charge in [-0.1, -0.05) is 26.0 Å². The van der Waals surface area contributed by atoms with Gasteiger partial charge in [0.15, 0.2) is 0 Å². The molecule has 0 unspecified atom stereocenters. The summed E-state index contributed by atoms with van der Waals surface area (Å²) in [5, 5.41) is 18.2. The molecule has 2 N–H and O–H groups in total. The van der Waals surface area contributed by atoms with Gasteiger partial charge in [-0.15, -0.1) is 0 Å². The molecule has 0 fully saturated rings. The fourth-order valence-electron chi connectivity index (χ4n) is 1.57. The first-order valence-corrected chi connectivity index (χ1v) is 5.07. The number of hydrogen-bond donors (Lipinski definition) is 2. The molecule has 0 aliphatic carbocycles. The van der Waals surface area contributed by atoms with E-state index in [1.54, 1.807) is 6.07 Å². The number of benzene rings is 1. The van der Waals surface area contributed by atoms with Crippen LogP contribution in [0.2, 0.25) is 0 Å². The minimum absolute atomic E-state index is 0.407. The Balaban J connectivity index is 2.97. The summed E-state index contributed by atoms with van der Waals surface area (Å²) in [4.78, 5) is 0. The van der Waals surface area contributed by atoms with Crippen molar-refractivity contribution >= 4 is 12.6 Å². The SMILES string of the molecule is COc1cc(CC(C)C)ccc1B(O)O. The van der Waals surface area contributed by atoms with Gasteiger partial charge in [-0.3, -0.25) is 0 Å². The second-order valence-electron chi connectivity index (χ2n) is 4.05. The summed E-state index contributed by atoms with van der Waals surface area (Å²) in [7, 11) is 0.0495. The van der Waals surface area contributed by atoms with Crippen LogP contribution in [-0.4, -0.2) is 24.3 Å². The van der Waals surface area contributed by atoms with E-state index in [1.165, 1.54) is 7.11 Å². The summed E-state index contributed by atoms with van der Waals surface area (Å²) in [5.74, 6) is 1.10. The Bertz CT molecular complexity index is 324. The van der Waals surface area contributed by atoms with Gasteiger partial charge in [0, 0.05) is 5.46 Å². The lowest BCUT2D eigenvalue weighted by Crippen LogP contribution is -2.31. The van der Waals surface area contributed by atoms with E-state index in [0.717, 1.165) is 12.0 Å². The molecule has 0 atom stereocenters. The lowest BCUT2D eigenvalue weighted by Gasteiger charge is -2.11. The zero-order valence-corrected chi connectivity index (χ0v) is 9.40. The molecule has 82 valence electrons. The molecule has 0 saturated heterocycles. The van der Waals surface area contributed by atoms with Crippen molar-refractivity contribution in [1.29, 1.82) is 0 Å². The smallest absolute Gasteiger partial charge is 0.492 e. The Morgan fingerprint density at radius 3 is 2.47 bits per heavy atom. The van der Waals surface area contributed by atoms with Crippen LogP contribution in [0.1, 0.15) is 19.4 Å². The van der Waals surface area contributed by atoms with Crippen LogP contribution in [0.5, 0.6) is 5.75 Å². The standard InChI is InChI=1S/C11H17BO3/c1-8(2)6-9-4-5-10(12(13)14)11(7-9)15-3/h4-5,7-8,13-14H,6H2,1-3H3. The number of ether oxygens (including phenoxy) is 1. The van der Waals surface area contributed by atoms with E-state index in [2.05, 4.69) is 13.8 Å². The summed E-state index contributed by atoms with van der Waals surface area (Å²) in [6.45, 7) is 4.28. The maximum atomic E-state index is 9.08. The molecule has 1 aromatic rings. The fraction of sp³-hybridized carbons (Fsp3) is 0.455. The van der Waals surface area contributed by atoms with Crippen molar-refractivity contribution in [3.05, 3.63) is 23.8 Å². The summed E-state index contributed by atoms with van der Waals surface area (Å²) in [6.07, 6.45) is 0.957. The maximum absolute atomic E-state index is 9.08. The van der Waals surface area contributed by atoms with Gasteiger partial charge < -0.3 is 14.8 Å². The molecule has 0 spiro atoms. The van der Waals surface area contributed by atoms with Crippen LogP contribution in [0.15, 0.2) is 18.2 Å². The highest BCUT2D eigenvalue weighted by atomic mass is 16.5. The zero-order valence-electron chi connectivity index (χ0n) is 9.40. The first-order chi connectivity index (χ1) is 7.04. The third-order valence-electron chi connectivity index (χ3n) is 2.22. The van der Waals surface area contributed by atoms with Crippen molar-refractivity contribution in [2.45, 2.75) is 20.3 Å². The zero-order chi connectivity index (χ0) is 11.4. The number of methoxy groups -OCH3 is 1. The van der Waals surface area contributed by atoms with Crippen molar-refractivity contribution in [1.82, 2.24) is 0 Å². The largest absolute Gasteiger partial charge is 0.497 e. The van der Waals surface area contributed by atoms with Gasteiger partial charge in [0.25, 0.3) is 0 Å². The van der Waals surface area contributed by atoms with Crippen LogP contribution in [0.3, 0.4) is 0 Å². The normalized spacial score (nSPS) is 10.5. The third kappa shape index (κ3) is 3.25. The van der Waals surface area contributed by atoms with Crippen molar-refractivity contribution in [3.8, 4) is 5.75 Å². The maximum Gasteiger partial charge on any atom is 0.492 e. The molecule has 1 rings (SSSR count). The topological polar surface area (TPSA) is 49.7 Å². The number of rotatable bonds is 4. The van der Waals surface area contributed by atoms with E-state index in [-0.39, 0.29) is 0 Å². The van der Waals surface area contributed by atoms with Crippen LogP contribution >= 0.6 is 0 Å². The van der Waals surface area contributed by atoms with Crippen LogP contribution < -0.4 is 10.2 Å². The molecule has 4 heteroatoms. The lowest BCUT2D eigenvalue weighted by atomic mass is 9.79. The van der Waals surface area contributed by atoms with Crippen molar-refractivity contribution in [2.24, 2.45) is 5.92 Å². The van der Waals surface area contributed by atoms with Crippen LogP contribution in [0, 0.1) is 5.92 Å². The molecule has 0 heterocycles. The average molecular weight is 208 g/mol. The predicted octanol–water partition coefficient (Wildman–Crippen LogP) is 0.573. The molecule has 0 aliphatic heterocycles. The Kier molecular flexibility index (Phi) is 4.18. The first kappa shape index (κ1) is 12.1. The van der Waals surface area contributed by atoms with Gasteiger partial charge in [-0.05, 0) is 24.0 Å². The minimum atomic E-state index is -1.48. The van der Waals surface area contributed by atoms with Crippen LogP contribution in [0.25, 0.3) is 0 Å². The van der Waals surface area contributed by atoms with E-state index in [9.17, 15) is 0 Å². The van der Waals surface area contributed by atoms with Gasteiger partial charge in [-0.25, -0.2) is 0 Å². The molecule has 0 saturated carbocycles. The predicted molar refractivity (Wildman–Crippen MR) is 61.4 cm³/mol. The first-order valence-electron chi connectivity index (χ1n) is 5.07. The summed E-state index contributed by atoms with van der Waals surface area (Å²) < 4.78 is 5.11. The Labute approximate surface area is 90.9 Å². The highest BCUT2D eigenvalue weighted by molar-refractivity contribution is 6.59. The summed E-state index contributed by atoms with van der Waals surface area (Å²) in [5.41, 5.74) is 1.55. The van der Waals surface area contributed by atoms with E-state index >= 15 is 0 Å². The van der Waals surface area contributed by atoms with E-state index in [4.69, 9.17) is 14.8 Å². The second-order valence-corrected chi connectivity index (χ2v) is 4.05. The monoisotopic (exact) mass is 208 g/mol. The van der Waals surface area contributed by atoms with Crippen LogP contribution in [-0.2, 0) is 6.42 Å². The van der Waals surface area contributed by atoms with Gasteiger partial charge in [-0.2, -0.15) is 0 Å². The second kappa shape index (κ2) is 5.19. The van der Waals surface area contributed by atoms with Gasteiger partial charge in [0.2, 0.25) is 0 Å². The summed E-state index contributed by atoms with van der Waals surface area (Å²) >= 11 is 0. The quantitative estimate of drug-likeness (QED) is 0.711. The highest BCUT2D eigenvalue weighted by Crippen LogP contribution is 2.14. The van der Waals surface area contributed by atoms with E-state index in [1.807, 2.05) is 12.1 Å². The molecule has 0 aliphatic rings. The molecule has 0 amide bonds. The Morgan fingerprint density at radius 2 is 2.00 bits per heavy atom. The van der Waals surface area contributed by atoms with E-state index < -0.39 is 7.12 Å². The van der Waals surface area contributed by atoms with Gasteiger partial charge in [0.05, 0.1) is 7.11 Å². The third-order valence-corrected chi connectivity index (χ3v) is 2.22. The van der Waals surface area contributed by atoms with E-state index in [0.29, 0.717) is 17.1 Å². The Morgan fingerprint density at radius 1 is 1.33 bits per heavy atom. The molecule has 15 heavy (non-hydrogen) atoms. The average Bonchev–Trinajstić information content (AvgIpc) is 2.16. The highest BCUT2D eigenvalue weighted by Gasteiger charge is 2.16. The van der Waals surface area contributed by atoms with Gasteiger partial charge >= 0.3 is 7.12 Å². The molecule has 1 aromatic carbocycles. The lowest BCUT2D eigenvalue weighted by molar-refractivity contribution is 0.402. The summed E-state index contributed by atoms with van der Waals surface area (Å²) in [6, 6.07) is 5.45. The molecule has 0 radical (unpaired) electrons. The molecule has 3 nitrogen and oxygen atoms in total. The molecule has 0 bridgehead atoms. The minimum Gasteiger partial charge on any atom is -0.497 e. The molecule has 0 aromatic heterocycles. The fourth-order valence-corrected chi connectivity index (χ4v) is 1.57. The Hall–Kier alpha value is -0.995. The van der Waals surface area contributed by atoms with Crippen LogP contribution in [0.4, 0.5) is 0 Å². The van der Waals surface area contributed by atoms with Crippen molar-refractivity contribution in [2.75, 3.05) is 7.11 Å². The molecular weight excluding hydrogens is 191 g/mol. The van der Waals surface area contributed by atoms with Gasteiger partial charge in [0.1, 0.15) is 5.75 Å². The molecular formula is C11H17BO3. The van der Waals surface area contributed by atoms with Crippen molar-refractivity contribution in [3.63, 3.8) is 0 Å². The van der Waals surface area contributed by atoms with Crippen molar-refractivity contribution < 1.29 is 14.8 Å².